The molecule has 2 radical (unpaired) electrons. The first-order valence-corrected chi connectivity index (χ1v) is 4.69. The number of hydrogen-bond donors (Lipinski definition) is 1. The van der Waals surface area contributed by atoms with E-state index in [-0.39, 0.29) is 5.91 Å². The quantitative estimate of drug-likeness (QED) is 0.679. The van der Waals surface area contributed by atoms with Gasteiger partial charge in [-0.15, -0.1) is 11.3 Å². The third kappa shape index (κ3) is 2.38. The predicted octanol–water partition coefficient (Wildman–Crippen LogP) is 0.682. The predicted molar refractivity (Wildman–Crippen MR) is 52.3 cm³/mol. The van der Waals surface area contributed by atoms with Gasteiger partial charge in [0.2, 0.25) is 0 Å². The number of carbonyl (C=O) groups excluding carboxylic acids is 1. The van der Waals surface area contributed by atoms with Crippen LogP contribution in [-0.2, 0) is 0 Å². The zero-order chi connectivity index (χ0) is 8.97. The second-order valence-electron chi connectivity index (χ2n) is 2.46. The van der Waals surface area contributed by atoms with Crippen molar-refractivity contribution in [2.75, 3.05) is 6.54 Å². The first-order chi connectivity index (χ1) is 5.74. The van der Waals surface area contributed by atoms with E-state index >= 15 is 0 Å². The van der Waals surface area contributed by atoms with Crippen molar-refractivity contribution >= 4 is 29.9 Å². The molecule has 0 aliphatic heterocycles. The molecule has 0 saturated heterocycles. The van der Waals surface area contributed by atoms with E-state index in [9.17, 15) is 4.79 Å². The summed E-state index contributed by atoms with van der Waals surface area (Å²) in [5.41, 5.74) is 0. The minimum absolute atomic E-state index is 0.0291. The van der Waals surface area contributed by atoms with Crippen LogP contribution in [0.5, 0.6) is 0 Å². The van der Waals surface area contributed by atoms with Crippen LogP contribution in [0.2, 0.25) is 0 Å². The van der Waals surface area contributed by atoms with Gasteiger partial charge in [0, 0.05) is 6.54 Å². The summed E-state index contributed by atoms with van der Waals surface area (Å²) in [4.78, 5) is 11.9. The lowest BCUT2D eigenvalue weighted by Gasteiger charge is -1.98. The van der Waals surface area contributed by atoms with Crippen molar-refractivity contribution in [1.82, 2.24) is 5.32 Å². The van der Waals surface area contributed by atoms with Gasteiger partial charge in [-0.05, 0) is 17.3 Å². The smallest absolute Gasteiger partial charge is 0.261 e. The van der Waals surface area contributed by atoms with Crippen LogP contribution in [0.15, 0.2) is 12.1 Å². The van der Waals surface area contributed by atoms with Gasteiger partial charge in [-0.1, -0.05) is 13.0 Å². The zero-order valence-electron chi connectivity index (χ0n) is 6.96. The molecule has 0 saturated carbocycles. The molecule has 0 atom stereocenters. The Labute approximate surface area is 77.4 Å². The first-order valence-electron chi connectivity index (χ1n) is 3.87. The van der Waals surface area contributed by atoms with Gasteiger partial charge in [-0.3, -0.25) is 4.79 Å². The highest BCUT2D eigenvalue weighted by Gasteiger charge is 2.05. The summed E-state index contributed by atoms with van der Waals surface area (Å²) in [5, 5.41) is 2.78. The van der Waals surface area contributed by atoms with Gasteiger partial charge < -0.3 is 5.32 Å². The second kappa shape index (κ2) is 4.31. The van der Waals surface area contributed by atoms with Crippen molar-refractivity contribution in [3.8, 4) is 0 Å². The summed E-state index contributed by atoms with van der Waals surface area (Å²) in [7, 11) is 5.48. The number of hydrogen-bond acceptors (Lipinski definition) is 2. The zero-order valence-corrected chi connectivity index (χ0v) is 7.78. The summed E-state index contributed by atoms with van der Waals surface area (Å²) in [5.74, 6) is -0.0291. The molecule has 62 valence electrons. The highest BCUT2D eigenvalue weighted by atomic mass is 32.1. The van der Waals surface area contributed by atoms with E-state index < -0.39 is 0 Å². The van der Waals surface area contributed by atoms with Crippen LogP contribution in [-0.4, -0.2) is 20.3 Å². The molecule has 2 nitrogen and oxygen atoms in total. The Morgan fingerprint density at radius 2 is 2.42 bits per heavy atom. The first kappa shape index (κ1) is 9.32. The van der Waals surface area contributed by atoms with Gasteiger partial charge in [0.05, 0.1) is 4.88 Å². The van der Waals surface area contributed by atoms with Gasteiger partial charge in [0.15, 0.2) is 0 Å². The third-order valence-electron chi connectivity index (χ3n) is 1.39. The van der Waals surface area contributed by atoms with Crippen molar-refractivity contribution < 1.29 is 4.79 Å². The van der Waals surface area contributed by atoms with Gasteiger partial charge in [0.1, 0.15) is 7.85 Å². The Kier molecular flexibility index (Phi) is 3.35. The lowest BCUT2D eigenvalue weighted by molar-refractivity contribution is 0.0957. The highest BCUT2D eigenvalue weighted by molar-refractivity contribution is 7.21. The van der Waals surface area contributed by atoms with E-state index in [1.807, 2.05) is 6.92 Å². The maximum Gasteiger partial charge on any atom is 0.261 e. The molecule has 0 fully saturated rings. The largest absolute Gasteiger partial charge is 0.351 e. The molecule has 0 spiro atoms. The maximum atomic E-state index is 11.3. The SMILES string of the molecule is [B]c1ccc(C(=O)NCCC)s1. The van der Waals surface area contributed by atoms with Gasteiger partial charge in [0.25, 0.3) is 5.91 Å². The van der Waals surface area contributed by atoms with Crippen molar-refractivity contribution in [2.45, 2.75) is 13.3 Å². The fraction of sp³-hybridized carbons (Fsp3) is 0.375. The van der Waals surface area contributed by atoms with Crippen LogP contribution >= 0.6 is 11.3 Å². The molecule has 12 heavy (non-hydrogen) atoms. The Hall–Kier alpha value is -0.765. The molecular weight excluding hydrogens is 169 g/mol. The average Bonchev–Trinajstić information content (AvgIpc) is 2.47. The standard InChI is InChI=1S/C8H10BNOS/c1-2-5-10-8(11)6-3-4-7(9)12-6/h3-4H,2,5H2,1H3,(H,10,11). The maximum absolute atomic E-state index is 11.3. The topological polar surface area (TPSA) is 29.1 Å². The molecule has 1 amide bonds. The Balaban J connectivity index is 2.53. The van der Waals surface area contributed by atoms with Crippen molar-refractivity contribution in [1.29, 1.82) is 0 Å². The third-order valence-corrected chi connectivity index (χ3v) is 2.30. The van der Waals surface area contributed by atoms with Crippen molar-refractivity contribution in [2.24, 2.45) is 0 Å². The van der Waals surface area contributed by atoms with E-state index in [4.69, 9.17) is 7.85 Å². The Bertz CT molecular complexity index is 272. The number of nitrogens with one attached hydrogen (secondary N) is 1. The number of thiophene rings is 1. The molecule has 0 aliphatic carbocycles. The van der Waals surface area contributed by atoms with Gasteiger partial charge >= 0.3 is 0 Å². The Morgan fingerprint density at radius 1 is 1.67 bits per heavy atom. The van der Waals surface area contributed by atoms with E-state index in [1.165, 1.54) is 11.3 Å². The van der Waals surface area contributed by atoms with E-state index in [1.54, 1.807) is 12.1 Å². The molecule has 0 bridgehead atoms. The monoisotopic (exact) mass is 179 g/mol. The highest BCUT2D eigenvalue weighted by Crippen LogP contribution is 2.04. The van der Waals surface area contributed by atoms with E-state index in [0.717, 1.165) is 13.0 Å². The molecule has 1 N–H and O–H groups in total. The lowest BCUT2D eigenvalue weighted by Crippen LogP contribution is -2.22. The number of amides is 1. The molecule has 1 aromatic rings. The van der Waals surface area contributed by atoms with Gasteiger partial charge in [-0.2, -0.15) is 0 Å². The average molecular weight is 179 g/mol. The molecule has 0 unspecified atom stereocenters. The minimum Gasteiger partial charge on any atom is -0.351 e. The lowest BCUT2D eigenvalue weighted by atomic mass is 10.1. The van der Waals surface area contributed by atoms with Crippen LogP contribution < -0.4 is 10.1 Å². The number of carbonyl (C=O) groups is 1. The van der Waals surface area contributed by atoms with Gasteiger partial charge in [-0.25, -0.2) is 0 Å². The summed E-state index contributed by atoms with van der Waals surface area (Å²) >= 11 is 1.31. The fourth-order valence-corrected chi connectivity index (χ4v) is 1.49. The summed E-state index contributed by atoms with van der Waals surface area (Å²) in [6.45, 7) is 2.74. The van der Waals surface area contributed by atoms with E-state index in [0.29, 0.717) is 9.65 Å². The van der Waals surface area contributed by atoms with Crippen molar-refractivity contribution in [3.63, 3.8) is 0 Å². The molecule has 0 aromatic carbocycles. The molecule has 4 heteroatoms. The normalized spacial score (nSPS) is 9.75. The van der Waals surface area contributed by atoms with Crippen molar-refractivity contribution in [3.05, 3.63) is 17.0 Å². The second-order valence-corrected chi connectivity index (χ2v) is 3.57. The molecule has 0 aliphatic rings. The molecule has 1 aromatic heterocycles. The van der Waals surface area contributed by atoms with Crippen LogP contribution in [0, 0.1) is 0 Å². The molecule has 1 heterocycles. The van der Waals surface area contributed by atoms with Crippen LogP contribution in [0.3, 0.4) is 0 Å². The Morgan fingerprint density at radius 3 is 2.92 bits per heavy atom. The van der Waals surface area contributed by atoms with E-state index in [2.05, 4.69) is 5.32 Å². The molecular formula is C8H10BNOS. The fourth-order valence-electron chi connectivity index (χ4n) is 0.801. The molecule has 1 rings (SSSR count). The van der Waals surface area contributed by atoms with Crippen LogP contribution in [0.4, 0.5) is 0 Å². The minimum atomic E-state index is -0.0291. The summed E-state index contributed by atoms with van der Waals surface area (Å²) in [6.07, 6.45) is 0.951. The summed E-state index contributed by atoms with van der Waals surface area (Å²) in [6, 6.07) is 3.48. The van der Waals surface area contributed by atoms with Crippen LogP contribution in [0.1, 0.15) is 23.0 Å². The number of rotatable bonds is 3. The van der Waals surface area contributed by atoms with Crippen LogP contribution in [0.25, 0.3) is 0 Å². The summed E-state index contributed by atoms with van der Waals surface area (Å²) < 4.78 is 0.677.